The van der Waals surface area contributed by atoms with Crippen LogP contribution in [0.15, 0.2) is 0 Å². The van der Waals surface area contributed by atoms with Gasteiger partial charge in [-0.2, -0.15) is 12.6 Å². The van der Waals surface area contributed by atoms with Crippen molar-refractivity contribution in [2.75, 3.05) is 5.75 Å². The van der Waals surface area contributed by atoms with Crippen molar-refractivity contribution >= 4 is 12.6 Å². The van der Waals surface area contributed by atoms with Gasteiger partial charge in [-0.1, -0.05) is 13.8 Å². The molecule has 56 valence electrons. The molecule has 2 nitrogen and oxygen atoms in total. The van der Waals surface area contributed by atoms with E-state index in [4.69, 9.17) is 10.2 Å². The molecule has 0 spiro atoms. The summed E-state index contributed by atoms with van der Waals surface area (Å²) in [6, 6.07) is 0. The molecule has 0 fully saturated rings. The minimum atomic E-state index is -1.22. The molecule has 1 atom stereocenters. The van der Waals surface area contributed by atoms with E-state index in [1.807, 2.05) is 13.8 Å². The molecule has 0 radical (unpaired) electrons. The third-order valence-electron chi connectivity index (χ3n) is 1.45. The second-order valence-corrected chi connectivity index (χ2v) is 2.87. The minimum Gasteiger partial charge on any atom is -0.368 e. The Bertz CT molecular complexity index is 65.5. The van der Waals surface area contributed by atoms with Crippen LogP contribution in [0.1, 0.15) is 13.8 Å². The molecule has 0 aromatic carbocycles. The molecular weight excluding hydrogens is 136 g/mol. The van der Waals surface area contributed by atoms with Gasteiger partial charge in [-0.25, -0.2) is 0 Å². The first-order valence-corrected chi connectivity index (χ1v) is 3.69. The van der Waals surface area contributed by atoms with Crippen molar-refractivity contribution in [2.24, 2.45) is 11.8 Å². The van der Waals surface area contributed by atoms with Crippen LogP contribution in [0.4, 0.5) is 0 Å². The van der Waals surface area contributed by atoms with Gasteiger partial charge in [-0.05, 0) is 11.7 Å². The average Bonchev–Trinajstić information content (AvgIpc) is 1.64. The molecule has 0 aliphatic carbocycles. The zero-order valence-corrected chi connectivity index (χ0v) is 6.68. The Morgan fingerprint density at radius 3 is 1.78 bits per heavy atom. The number of aliphatic hydroxyl groups is 2. The van der Waals surface area contributed by atoms with Crippen molar-refractivity contribution in [3.8, 4) is 0 Å². The molecule has 0 saturated carbocycles. The van der Waals surface area contributed by atoms with Gasteiger partial charge in [-0.3, -0.25) is 0 Å². The second-order valence-electron chi connectivity index (χ2n) is 2.50. The molecule has 0 heterocycles. The normalized spacial score (nSPS) is 15.0. The standard InChI is InChI=1S/C6H14O2S/c1-4(2)5(3-9)6(7)8/h4-9H,3H2,1-2H3. The van der Waals surface area contributed by atoms with Crippen LogP contribution in [0.25, 0.3) is 0 Å². The number of hydrogen-bond acceptors (Lipinski definition) is 3. The zero-order valence-electron chi connectivity index (χ0n) is 5.78. The second kappa shape index (κ2) is 4.14. The lowest BCUT2D eigenvalue weighted by molar-refractivity contribution is -0.0886. The monoisotopic (exact) mass is 150 g/mol. The van der Waals surface area contributed by atoms with Crippen LogP contribution in [0, 0.1) is 11.8 Å². The van der Waals surface area contributed by atoms with Crippen LogP contribution < -0.4 is 0 Å². The molecule has 0 saturated heterocycles. The van der Waals surface area contributed by atoms with Crippen molar-refractivity contribution in [1.82, 2.24) is 0 Å². The van der Waals surface area contributed by atoms with Gasteiger partial charge in [0.25, 0.3) is 0 Å². The summed E-state index contributed by atoms with van der Waals surface area (Å²) in [6.45, 7) is 3.89. The van der Waals surface area contributed by atoms with Gasteiger partial charge < -0.3 is 10.2 Å². The third-order valence-corrected chi connectivity index (χ3v) is 1.87. The highest BCUT2D eigenvalue weighted by Gasteiger charge is 2.17. The summed E-state index contributed by atoms with van der Waals surface area (Å²) < 4.78 is 0. The van der Waals surface area contributed by atoms with Gasteiger partial charge in [0.15, 0.2) is 6.29 Å². The lowest BCUT2D eigenvalue weighted by Crippen LogP contribution is -2.25. The maximum absolute atomic E-state index is 8.69. The third kappa shape index (κ3) is 3.08. The summed E-state index contributed by atoms with van der Waals surface area (Å²) in [4.78, 5) is 0. The first-order chi connectivity index (χ1) is 4.09. The fourth-order valence-corrected chi connectivity index (χ4v) is 1.26. The zero-order chi connectivity index (χ0) is 7.44. The van der Waals surface area contributed by atoms with Crippen LogP contribution in [0.2, 0.25) is 0 Å². The van der Waals surface area contributed by atoms with Crippen LogP contribution in [0.5, 0.6) is 0 Å². The van der Waals surface area contributed by atoms with Crippen LogP contribution in [-0.4, -0.2) is 22.3 Å². The van der Waals surface area contributed by atoms with Crippen LogP contribution in [-0.2, 0) is 0 Å². The largest absolute Gasteiger partial charge is 0.368 e. The first kappa shape index (κ1) is 9.27. The van der Waals surface area contributed by atoms with E-state index in [9.17, 15) is 0 Å². The molecule has 1 unspecified atom stereocenters. The SMILES string of the molecule is CC(C)C(CS)C(O)O. The Balaban J connectivity index is 3.68. The van der Waals surface area contributed by atoms with E-state index < -0.39 is 6.29 Å². The van der Waals surface area contributed by atoms with Gasteiger partial charge in [0.1, 0.15) is 0 Å². The summed E-state index contributed by atoms with van der Waals surface area (Å²) in [5.41, 5.74) is 0. The average molecular weight is 150 g/mol. The van der Waals surface area contributed by atoms with Crippen molar-refractivity contribution < 1.29 is 10.2 Å². The molecule has 0 aromatic heterocycles. The number of aliphatic hydroxyl groups excluding tert-OH is 1. The Kier molecular flexibility index (Phi) is 4.27. The molecule has 3 heteroatoms. The fourth-order valence-electron chi connectivity index (χ4n) is 0.649. The lowest BCUT2D eigenvalue weighted by atomic mass is 9.98. The highest BCUT2D eigenvalue weighted by Crippen LogP contribution is 2.14. The summed E-state index contributed by atoms with van der Waals surface area (Å²) >= 11 is 3.97. The molecule has 0 aromatic rings. The predicted molar refractivity (Wildman–Crippen MR) is 40.4 cm³/mol. The molecule has 0 aliphatic rings. The maximum atomic E-state index is 8.69. The van der Waals surface area contributed by atoms with E-state index in [0.717, 1.165) is 0 Å². The van der Waals surface area contributed by atoms with E-state index in [1.54, 1.807) is 0 Å². The maximum Gasteiger partial charge on any atom is 0.155 e. The van der Waals surface area contributed by atoms with E-state index in [-0.39, 0.29) is 11.8 Å². The van der Waals surface area contributed by atoms with Crippen LogP contribution in [0.3, 0.4) is 0 Å². The minimum absolute atomic E-state index is 0.103. The summed E-state index contributed by atoms with van der Waals surface area (Å²) in [7, 11) is 0. The Morgan fingerprint density at radius 1 is 1.33 bits per heavy atom. The van der Waals surface area contributed by atoms with E-state index in [0.29, 0.717) is 5.75 Å². The van der Waals surface area contributed by atoms with Crippen LogP contribution >= 0.6 is 12.6 Å². The quantitative estimate of drug-likeness (QED) is 0.405. The smallest absolute Gasteiger partial charge is 0.155 e. The molecular formula is C6H14O2S. The van der Waals surface area contributed by atoms with E-state index >= 15 is 0 Å². The van der Waals surface area contributed by atoms with Crippen molar-refractivity contribution in [3.05, 3.63) is 0 Å². The van der Waals surface area contributed by atoms with Gasteiger partial charge in [0.05, 0.1) is 0 Å². The van der Waals surface area contributed by atoms with Crippen molar-refractivity contribution in [1.29, 1.82) is 0 Å². The highest BCUT2D eigenvalue weighted by atomic mass is 32.1. The predicted octanol–water partition coefficient (Wildman–Crippen LogP) is 0.499. The lowest BCUT2D eigenvalue weighted by Gasteiger charge is -2.19. The summed E-state index contributed by atoms with van der Waals surface area (Å²) in [5.74, 6) is 0.700. The molecule has 0 aliphatic heterocycles. The molecule has 2 N–H and O–H groups in total. The summed E-state index contributed by atoms with van der Waals surface area (Å²) in [6.07, 6.45) is -1.22. The molecule has 0 bridgehead atoms. The summed E-state index contributed by atoms with van der Waals surface area (Å²) in [5, 5.41) is 17.4. The van der Waals surface area contributed by atoms with E-state index in [1.165, 1.54) is 0 Å². The van der Waals surface area contributed by atoms with Gasteiger partial charge in [-0.15, -0.1) is 0 Å². The van der Waals surface area contributed by atoms with Crippen molar-refractivity contribution in [2.45, 2.75) is 20.1 Å². The number of thiol groups is 1. The molecule has 0 amide bonds. The number of hydrogen-bond donors (Lipinski definition) is 3. The first-order valence-electron chi connectivity index (χ1n) is 3.06. The van der Waals surface area contributed by atoms with Gasteiger partial charge in [0, 0.05) is 5.92 Å². The van der Waals surface area contributed by atoms with Gasteiger partial charge >= 0.3 is 0 Å². The fraction of sp³-hybridized carbons (Fsp3) is 1.00. The Hall–Kier alpha value is 0.270. The molecule has 0 rings (SSSR count). The van der Waals surface area contributed by atoms with Gasteiger partial charge in [0.2, 0.25) is 0 Å². The Labute approximate surface area is 61.3 Å². The highest BCUT2D eigenvalue weighted by molar-refractivity contribution is 7.80. The number of rotatable bonds is 3. The topological polar surface area (TPSA) is 40.5 Å². The van der Waals surface area contributed by atoms with Crippen molar-refractivity contribution in [3.63, 3.8) is 0 Å². The molecule has 9 heavy (non-hydrogen) atoms. The van der Waals surface area contributed by atoms with E-state index in [2.05, 4.69) is 12.6 Å². The Morgan fingerprint density at radius 2 is 1.78 bits per heavy atom.